The zero-order valence-corrected chi connectivity index (χ0v) is 9.92. The standard InChI is InChI=1S/C13H21NO/c1-10(9-14)6-7-15-13-5-4-11(2)12(3)8-13/h4-5,8,10H,6-7,9,14H2,1-3H3. The van der Waals surface area contributed by atoms with E-state index in [0.717, 1.165) is 25.3 Å². The highest BCUT2D eigenvalue weighted by Gasteiger charge is 2.00. The first kappa shape index (κ1) is 12.1. The van der Waals surface area contributed by atoms with E-state index in [9.17, 15) is 0 Å². The predicted molar refractivity (Wildman–Crippen MR) is 64.2 cm³/mol. The summed E-state index contributed by atoms with van der Waals surface area (Å²) < 4.78 is 5.66. The summed E-state index contributed by atoms with van der Waals surface area (Å²) in [7, 11) is 0. The topological polar surface area (TPSA) is 35.2 Å². The summed E-state index contributed by atoms with van der Waals surface area (Å²) in [6.07, 6.45) is 1.02. The van der Waals surface area contributed by atoms with E-state index in [4.69, 9.17) is 10.5 Å². The normalized spacial score (nSPS) is 12.5. The number of rotatable bonds is 5. The Hall–Kier alpha value is -1.02. The van der Waals surface area contributed by atoms with Gasteiger partial charge in [0.15, 0.2) is 0 Å². The van der Waals surface area contributed by atoms with Gasteiger partial charge in [-0.3, -0.25) is 0 Å². The fourth-order valence-electron chi connectivity index (χ4n) is 1.30. The molecule has 0 spiro atoms. The Balaban J connectivity index is 2.41. The van der Waals surface area contributed by atoms with Crippen LogP contribution in [0.15, 0.2) is 18.2 Å². The molecule has 0 radical (unpaired) electrons. The molecule has 2 N–H and O–H groups in total. The summed E-state index contributed by atoms with van der Waals surface area (Å²) in [5.41, 5.74) is 8.12. The SMILES string of the molecule is Cc1ccc(OCCC(C)CN)cc1C. The second kappa shape index (κ2) is 5.76. The van der Waals surface area contributed by atoms with Crippen LogP contribution >= 0.6 is 0 Å². The van der Waals surface area contributed by atoms with Gasteiger partial charge in [0.1, 0.15) is 5.75 Å². The smallest absolute Gasteiger partial charge is 0.119 e. The molecular weight excluding hydrogens is 186 g/mol. The molecule has 0 aliphatic heterocycles. The first-order valence-corrected chi connectivity index (χ1v) is 5.53. The lowest BCUT2D eigenvalue weighted by atomic mass is 10.1. The van der Waals surface area contributed by atoms with Crippen molar-refractivity contribution in [3.63, 3.8) is 0 Å². The Morgan fingerprint density at radius 3 is 2.60 bits per heavy atom. The van der Waals surface area contributed by atoms with Crippen molar-refractivity contribution < 1.29 is 4.74 Å². The van der Waals surface area contributed by atoms with Gasteiger partial charge in [-0.1, -0.05) is 13.0 Å². The first-order valence-electron chi connectivity index (χ1n) is 5.53. The molecule has 15 heavy (non-hydrogen) atoms. The van der Waals surface area contributed by atoms with Crippen molar-refractivity contribution in [2.24, 2.45) is 11.7 Å². The van der Waals surface area contributed by atoms with Gasteiger partial charge in [-0.25, -0.2) is 0 Å². The average molecular weight is 207 g/mol. The molecule has 0 amide bonds. The van der Waals surface area contributed by atoms with E-state index in [1.807, 2.05) is 6.07 Å². The molecule has 0 fully saturated rings. The van der Waals surface area contributed by atoms with Crippen LogP contribution in [-0.2, 0) is 0 Å². The largest absolute Gasteiger partial charge is 0.494 e. The highest BCUT2D eigenvalue weighted by molar-refractivity contribution is 5.33. The highest BCUT2D eigenvalue weighted by atomic mass is 16.5. The number of hydrogen-bond donors (Lipinski definition) is 1. The minimum absolute atomic E-state index is 0.538. The average Bonchev–Trinajstić information content (AvgIpc) is 2.23. The molecule has 1 unspecified atom stereocenters. The summed E-state index contributed by atoms with van der Waals surface area (Å²) in [5.74, 6) is 1.50. The maximum absolute atomic E-state index is 5.66. The monoisotopic (exact) mass is 207 g/mol. The third-order valence-corrected chi connectivity index (χ3v) is 2.76. The zero-order valence-electron chi connectivity index (χ0n) is 9.92. The molecule has 0 aliphatic carbocycles. The molecule has 1 aromatic carbocycles. The van der Waals surface area contributed by atoms with Crippen LogP contribution in [0.3, 0.4) is 0 Å². The molecule has 0 aromatic heterocycles. The van der Waals surface area contributed by atoms with Crippen molar-refractivity contribution in [2.75, 3.05) is 13.2 Å². The van der Waals surface area contributed by atoms with Crippen LogP contribution in [0.1, 0.15) is 24.5 Å². The Kier molecular flexibility index (Phi) is 4.63. The van der Waals surface area contributed by atoms with Crippen LogP contribution in [0, 0.1) is 19.8 Å². The zero-order chi connectivity index (χ0) is 11.3. The van der Waals surface area contributed by atoms with Gasteiger partial charge in [0.25, 0.3) is 0 Å². The fourth-order valence-corrected chi connectivity index (χ4v) is 1.30. The molecule has 0 bridgehead atoms. The minimum Gasteiger partial charge on any atom is -0.494 e. The van der Waals surface area contributed by atoms with Crippen molar-refractivity contribution in [2.45, 2.75) is 27.2 Å². The third kappa shape index (κ3) is 3.92. The van der Waals surface area contributed by atoms with Crippen LogP contribution in [0.5, 0.6) is 5.75 Å². The van der Waals surface area contributed by atoms with E-state index in [1.165, 1.54) is 11.1 Å². The molecule has 0 saturated heterocycles. The summed E-state index contributed by atoms with van der Waals surface area (Å²) in [4.78, 5) is 0. The molecular formula is C13H21NO. The van der Waals surface area contributed by atoms with Gasteiger partial charge in [0, 0.05) is 0 Å². The maximum Gasteiger partial charge on any atom is 0.119 e. The van der Waals surface area contributed by atoms with Crippen molar-refractivity contribution in [3.05, 3.63) is 29.3 Å². The van der Waals surface area contributed by atoms with E-state index in [0.29, 0.717) is 5.92 Å². The second-order valence-corrected chi connectivity index (χ2v) is 4.22. The van der Waals surface area contributed by atoms with E-state index in [1.54, 1.807) is 0 Å². The predicted octanol–water partition coefficient (Wildman–Crippen LogP) is 2.67. The van der Waals surface area contributed by atoms with Gasteiger partial charge < -0.3 is 10.5 Å². The van der Waals surface area contributed by atoms with Gasteiger partial charge in [0.05, 0.1) is 6.61 Å². The quantitative estimate of drug-likeness (QED) is 0.805. The van der Waals surface area contributed by atoms with Crippen molar-refractivity contribution in [3.8, 4) is 5.75 Å². The van der Waals surface area contributed by atoms with Crippen LogP contribution in [0.2, 0.25) is 0 Å². The van der Waals surface area contributed by atoms with Crippen molar-refractivity contribution in [1.29, 1.82) is 0 Å². The Morgan fingerprint density at radius 1 is 1.27 bits per heavy atom. The summed E-state index contributed by atoms with van der Waals surface area (Å²) in [6.45, 7) is 7.83. The van der Waals surface area contributed by atoms with Crippen molar-refractivity contribution >= 4 is 0 Å². The first-order chi connectivity index (χ1) is 7.13. The number of ether oxygens (including phenoxy) is 1. The minimum atomic E-state index is 0.538. The lowest BCUT2D eigenvalue weighted by molar-refractivity contribution is 0.285. The highest BCUT2D eigenvalue weighted by Crippen LogP contribution is 2.16. The Labute approximate surface area is 92.4 Å². The van der Waals surface area contributed by atoms with E-state index in [-0.39, 0.29) is 0 Å². The summed E-state index contributed by atoms with van der Waals surface area (Å²) in [5, 5.41) is 0. The number of nitrogens with two attached hydrogens (primary N) is 1. The second-order valence-electron chi connectivity index (χ2n) is 4.22. The third-order valence-electron chi connectivity index (χ3n) is 2.76. The van der Waals surface area contributed by atoms with Gasteiger partial charge in [-0.05, 0) is 56.0 Å². The van der Waals surface area contributed by atoms with Crippen LogP contribution in [-0.4, -0.2) is 13.2 Å². The van der Waals surface area contributed by atoms with E-state index < -0.39 is 0 Å². The number of hydrogen-bond acceptors (Lipinski definition) is 2. The summed E-state index contributed by atoms with van der Waals surface area (Å²) >= 11 is 0. The molecule has 0 heterocycles. The fraction of sp³-hybridized carbons (Fsp3) is 0.538. The molecule has 84 valence electrons. The van der Waals surface area contributed by atoms with Crippen LogP contribution in [0.25, 0.3) is 0 Å². The molecule has 1 atom stereocenters. The molecule has 0 saturated carbocycles. The Morgan fingerprint density at radius 2 is 2.00 bits per heavy atom. The molecule has 2 nitrogen and oxygen atoms in total. The van der Waals surface area contributed by atoms with E-state index >= 15 is 0 Å². The molecule has 1 aromatic rings. The lowest BCUT2D eigenvalue weighted by Gasteiger charge is -2.11. The van der Waals surface area contributed by atoms with Gasteiger partial charge >= 0.3 is 0 Å². The van der Waals surface area contributed by atoms with Gasteiger partial charge in [-0.15, -0.1) is 0 Å². The summed E-state index contributed by atoms with van der Waals surface area (Å²) in [6, 6.07) is 6.20. The van der Waals surface area contributed by atoms with Gasteiger partial charge in [0.2, 0.25) is 0 Å². The maximum atomic E-state index is 5.66. The van der Waals surface area contributed by atoms with Crippen molar-refractivity contribution in [1.82, 2.24) is 0 Å². The number of benzene rings is 1. The molecule has 1 rings (SSSR count). The lowest BCUT2D eigenvalue weighted by Crippen LogP contribution is -2.13. The van der Waals surface area contributed by atoms with E-state index in [2.05, 4.69) is 32.9 Å². The Bertz CT molecular complexity index is 309. The van der Waals surface area contributed by atoms with Crippen LogP contribution < -0.4 is 10.5 Å². The molecule has 0 aliphatic rings. The number of aryl methyl sites for hydroxylation is 2. The van der Waals surface area contributed by atoms with Crippen LogP contribution in [0.4, 0.5) is 0 Å². The molecule has 2 heteroatoms. The van der Waals surface area contributed by atoms with Gasteiger partial charge in [-0.2, -0.15) is 0 Å².